The number of hydrogen-bond donors (Lipinski definition) is 0. The smallest absolute Gasteiger partial charge is 0.410 e. The normalized spacial score (nSPS) is 15.9. The number of nitrogens with zero attached hydrogens (tertiary/aromatic N) is 4. The van der Waals surface area contributed by atoms with Crippen molar-refractivity contribution in [1.82, 2.24) is 19.2 Å². The average Bonchev–Trinajstić information content (AvgIpc) is 2.96. The van der Waals surface area contributed by atoms with Crippen molar-refractivity contribution in [3.05, 3.63) is 45.5 Å². The summed E-state index contributed by atoms with van der Waals surface area (Å²) in [6.45, 7) is 6.66. The van der Waals surface area contributed by atoms with Gasteiger partial charge in [-0.25, -0.2) is 18.8 Å². The number of aromatic nitrogens is 3. The second-order valence-corrected chi connectivity index (χ2v) is 8.32. The number of amides is 1. The summed E-state index contributed by atoms with van der Waals surface area (Å²) in [5.41, 5.74) is 0.104. The van der Waals surface area contributed by atoms with Gasteiger partial charge in [0.05, 0.1) is 11.7 Å². The van der Waals surface area contributed by atoms with Crippen molar-refractivity contribution < 1.29 is 9.53 Å². The van der Waals surface area contributed by atoms with Gasteiger partial charge >= 0.3 is 11.8 Å². The molecular weight excluding hydrogens is 400 g/mol. The molecule has 8 heteroatoms. The molecule has 2 heterocycles. The zero-order valence-corrected chi connectivity index (χ0v) is 16.8. The molecule has 7 nitrogen and oxygen atoms in total. The Kier molecular flexibility index (Phi) is 5.22. The van der Waals surface area contributed by atoms with Crippen LogP contribution in [-0.4, -0.2) is 44.0 Å². The van der Waals surface area contributed by atoms with E-state index in [4.69, 9.17) is 4.74 Å². The summed E-state index contributed by atoms with van der Waals surface area (Å²) in [5, 5.41) is 4.29. The molecule has 0 saturated carbocycles. The lowest BCUT2D eigenvalue weighted by Gasteiger charge is -2.33. The van der Waals surface area contributed by atoms with Crippen molar-refractivity contribution in [2.24, 2.45) is 0 Å². The molecule has 2 aromatic rings. The predicted octanol–water partition coefficient (Wildman–Crippen LogP) is 3.37. The molecule has 0 radical (unpaired) electrons. The van der Waals surface area contributed by atoms with E-state index in [1.807, 2.05) is 45.0 Å². The molecular formula is C18H23BrN4O3. The molecule has 1 saturated heterocycles. The quantitative estimate of drug-likeness (QED) is 0.743. The molecule has 1 aromatic heterocycles. The third kappa shape index (κ3) is 4.17. The number of piperidine rings is 1. The van der Waals surface area contributed by atoms with Crippen molar-refractivity contribution in [2.75, 3.05) is 13.1 Å². The third-order valence-corrected chi connectivity index (χ3v) is 4.79. The minimum absolute atomic E-state index is 0.0158. The van der Waals surface area contributed by atoms with Gasteiger partial charge in [0.2, 0.25) is 0 Å². The number of likely N-dealkylation sites (tertiary alicyclic amines) is 1. The first kappa shape index (κ1) is 18.7. The second-order valence-electron chi connectivity index (χ2n) is 7.40. The number of benzene rings is 1. The lowest BCUT2D eigenvalue weighted by atomic mass is 10.1. The van der Waals surface area contributed by atoms with Gasteiger partial charge in [-0.05, 0) is 57.9 Å². The fourth-order valence-corrected chi connectivity index (χ4v) is 3.23. The molecule has 1 aliphatic rings. The number of hydrogen-bond acceptors (Lipinski definition) is 4. The molecule has 0 N–H and O–H groups in total. The monoisotopic (exact) mass is 422 g/mol. The van der Waals surface area contributed by atoms with Crippen molar-refractivity contribution in [1.29, 1.82) is 0 Å². The number of halogens is 1. The van der Waals surface area contributed by atoms with Crippen LogP contribution in [0.25, 0.3) is 5.69 Å². The SMILES string of the molecule is CC(C)(C)OC(=O)N1CCC(n2ncn(-c3ccc(Br)cc3)c2=O)CC1. The minimum atomic E-state index is -0.506. The molecule has 0 bridgehead atoms. The van der Waals surface area contributed by atoms with Crippen LogP contribution in [0.1, 0.15) is 39.7 Å². The number of carbonyl (C=O) groups is 1. The highest BCUT2D eigenvalue weighted by atomic mass is 79.9. The molecule has 140 valence electrons. The highest BCUT2D eigenvalue weighted by Gasteiger charge is 2.29. The van der Waals surface area contributed by atoms with E-state index < -0.39 is 5.60 Å². The number of ether oxygens (including phenoxy) is 1. The number of rotatable bonds is 2. The zero-order valence-electron chi connectivity index (χ0n) is 15.2. The van der Waals surface area contributed by atoms with Crippen LogP contribution < -0.4 is 5.69 Å². The fraction of sp³-hybridized carbons (Fsp3) is 0.500. The van der Waals surface area contributed by atoms with Crippen molar-refractivity contribution in [3.8, 4) is 5.69 Å². The van der Waals surface area contributed by atoms with Crippen LogP contribution in [0, 0.1) is 0 Å². The first-order valence-electron chi connectivity index (χ1n) is 8.64. The first-order chi connectivity index (χ1) is 12.2. The van der Waals surface area contributed by atoms with Crippen LogP contribution in [0.4, 0.5) is 4.79 Å². The summed E-state index contributed by atoms with van der Waals surface area (Å²) >= 11 is 3.39. The molecule has 1 amide bonds. The Balaban J connectivity index is 1.68. The molecule has 3 rings (SSSR count). The van der Waals surface area contributed by atoms with Gasteiger partial charge in [-0.15, -0.1) is 0 Å². The van der Waals surface area contributed by atoms with E-state index in [2.05, 4.69) is 21.0 Å². The summed E-state index contributed by atoms with van der Waals surface area (Å²) in [6.07, 6.45) is 2.60. The van der Waals surface area contributed by atoms with Gasteiger partial charge in [0.1, 0.15) is 11.9 Å². The Morgan fingerprint density at radius 2 is 1.81 bits per heavy atom. The first-order valence-corrected chi connectivity index (χ1v) is 9.44. The van der Waals surface area contributed by atoms with Gasteiger partial charge in [0.15, 0.2) is 0 Å². The van der Waals surface area contributed by atoms with Gasteiger partial charge in [0.25, 0.3) is 0 Å². The van der Waals surface area contributed by atoms with E-state index >= 15 is 0 Å². The van der Waals surface area contributed by atoms with E-state index in [1.54, 1.807) is 11.2 Å². The molecule has 1 aromatic carbocycles. The summed E-state index contributed by atoms with van der Waals surface area (Å²) in [5.74, 6) is 0. The van der Waals surface area contributed by atoms with Crippen molar-refractivity contribution >= 4 is 22.0 Å². The summed E-state index contributed by atoms with van der Waals surface area (Å²) in [4.78, 5) is 26.5. The van der Waals surface area contributed by atoms with Crippen LogP contribution in [0.5, 0.6) is 0 Å². The highest BCUT2D eigenvalue weighted by molar-refractivity contribution is 9.10. The molecule has 0 unspecified atom stereocenters. The maximum absolute atomic E-state index is 12.7. The van der Waals surface area contributed by atoms with Gasteiger partial charge in [-0.1, -0.05) is 15.9 Å². The molecule has 0 spiro atoms. The minimum Gasteiger partial charge on any atom is -0.444 e. The van der Waals surface area contributed by atoms with E-state index in [1.165, 1.54) is 9.25 Å². The molecule has 0 aliphatic carbocycles. The van der Waals surface area contributed by atoms with Crippen molar-refractivity contribution in [3.63, 3.8) is 0 Å². The Morgan fingerprint density at radius 3 is 2.38 bits per heavy atom. The van der Waals surface area contributed by atoms with E-state index in [0.29, 0.717) is 25.9 Å². The Bertz CT molecular complexity index is 827. The lowest BCUT2D eigenvalue weighted by molar-refractivity contribution is 0.0183. The van der Waals surface area contributed by atoms with Crippen LogP contribution in [0.3, 0.4) is 0 Å². The molecule has 1 aliphatic heterocycles. The summed E-state index contributed by atoms with van der Waals surface area (Å²) in [6, 6.07) is 7.49. The standard InChI is InChI=1S/C18H23BrN4O3/c1-18(2,3)26-17(25)21-10-8-15(9-11-21)23-16(24)22(12-20-23)14-6-4-13(19)5-7-14/h4-7,12,15H,8-11H2,1-3H3. The average molecular weight is 423 g/mol. The van der Waals surface area contributed by atoms with Crippen LogP contribution >= 0.6 is 15.9 Å². The van der Waals surface area contributed by atoms with Crippen LogP contribution in [0.2, 0.25) is 0 Å². The maximum atomic E-state index is 12.7. The maximum Gasteiger partial charge on any atom is 0.410 e. The van der Waals surface area contributed by atoms with Crippen molar-refractivity contribution in [2.45, 2.75) is 45.3 Å². The van der Waals surface area contributed by atoms with E-state index in [-0.39, 0.29) is 17.8 Å². The molecule has 26 heavy (non-hydrogen) atoms. The van der Waals surface area contributed by atoms with Crippen LogP contribution in [-0.2, 0) is 4.74 Å². The van der Waals surface area contributed by atoms with Crippen LogP contribution in [0.15, 0.2) is 39.9 Å². The second kappa shape index (κ2) is 7.26. The van der Waals surface area contributed by atoms with Gasteiger partial charge in [0, 0.05) is 17.6 Å². The van der Waals surface area contributed by atoms with Gasteiger partial charge < -0.3 is 9.64 Å². The van der Waals surface area contributed by atoms with E-state index in [9.17, 15) is 9.59 Å². The largest absolute Gasteiger partial charge is 0.444 e. The Hall–Kier alpha value is -2.09. The highest BCUT2D eigenvalue weighted by Crippen LogP contribution is 2.22. The third-order valence-electron chi connectivity index (χ3n) is 4.26. The van der Waals surface area contributed by atoms with Gasteiger partial charge in [-0.2, -0.15) is 5.10 Å². The molecule has 1 fully saturated rings. The summed E-state index contributed by atoms with van der Waals surface area (Å²) in [7, 11) is 0. The van der Waals surface area contributed by atoms with Gasteiger partial charge in [-0.3, -0.25) is 0 Å². The zero-order chi connectivity index (χ0) is 18.9. The predicted molar refractivity (Wildman–Crippen MR) is 102 cm³/mol. The topological polar surface area (TPSA) is 69.4 Å². The molecule has 0 atom stereocenters. The van der Waals surface area contributed by atoms with E-state index in [0.717, 1.165) is 10.2 Å². The fourth-order valence-electron chi connectivity index (χ4n) is 2.97. The summed E-state index contributed by atoms with van der Waals surface area (Å²) < 4.78 is 9.42. The Morgan fingerprint density at radius 1 is 1.19 bits per heavy atom. The number of carbonyl (C=O) groups excluding carboxylic acids is 1. The Labute approximate surface area is 160 Å². The lowest BCUT2D eigenvalue weighted by Crippen LogP contribution is -2.43.